The summed E-state index contributed by atoms with van der Waals surface area (Å²) in [6.07, 6.45) is 3.72. The lowest BCUT2D eigenvalue weighted by molar-refractivity contribution is 0.101. The quantitative estimate of drug-likeness (QED) is 0.818. The van der Waals surface area contributed by atoms with Crippen molar-refractivity contribution in [3.05, 3.63) is 23.0 Å². The van der Waals surface area contributed by atoms with Gasteiger partial charge in [-0.25, -0.2) is 0 Å². The normalized spacial score (nSPS) is 20.4. The van der Waals surface area contributed by atoms with E-state index in [9.17, 15) is 0 Å². The Morgan fingerprint density at radius 2 is 2.35 bits per heavy atom. The first-order chi connectivity index (χ1) is 8.34. The first kappa shape index (κ1) is 12.7. The van der Waals surface area contributed by atoms with Crippen molar-refractivity contribution in [3.63, 3.8) is 0 Å². The Hall–Kier alpha value is -0.710. The van der Waals surface area contributed by atoms with E-state index >= 15 is 0 Å². The largest absolute Gasteiger partial charge is 0.375 e. The van der Waals surface area contributed by atoms with E-state index < -0.39 is 0 Å². The summed E-state index contributed by atoms with van der Waals surface area (Å²) in [6.45, 7) is 3.60. The Morgan fingerprint density at radius 1 is 1.41 bits per heavy atom. The monoisotopic (exact) mass is 255 g/mol. The van der Waals surface area contributed by atoms with Gasteiger partial charge < -0.3 is 10.1 Å². The highest BCUT2D eigenvalue weighted by Crippen LogP contribution is 2.14. The predicted octanol–water partition coefficient (Wildman–Crippen LogP) is 2.04. The minimum absolute atomic E-state index is 0.419. The molecule has 1 fully saturated rings. The molecule has 0 aromatic carbocycles. The third kappa shape index (κ3) is 4.58. The van der Waals surface area contributed by atoms with Crippen molar-refractivity contribution in [2.45, 2.75) is 25.9 Å². The third-order valence-corrected chi connectivity index (χ3v) is 3.21. The van der Waals surface area contributed by atoms with Crippen LogP contribution in [-0.2, 0) is 11.3 Å². The predicted molar refractivity (Wildman–Crippen MR) is 66.9 cm³/mol. The van der Waals surface area contributed by atoms with E-state index in [0.717, 1.165) is 37.7 Å². The molecule has 1 aliphatic rings. The second-order valence-electron chi connectivity index (χ2n) is 4.40. The molecular formula is C12H18ClN3O. The Balaban J connectivity index is 1.60. The number of hydrogen-bond donors (Lipinski definition) is 1. The molecule has 4 nitrogen and oxygen atoms in total. The minimum Gasteiger partial charge on any atom is -0.375 e. The van der Waals surface area contributed by atoms with Gasteiger partial charge in [0.15, 0.2) is 5.15 Å². The van der Waals surface area contributed by atoms with Gasteiger partial charge in [-0.2, -0.15) is 5.10 Å². The van der Waals surface area contributed by atoms with E-state index in [1.54, 1.807) is 6.07 Å². The van der Waals surface area contributed by atoms with Crippen LogP contribution in [0, 0.1) is 5.92 Å². The molecule has 5 heteroatoms. The second-order valence-corrected chi connectivity index (χ2v) is 4.79. The van der Waals surface area contributed by atoms with E-state index in [0.29, 0.717) is 11.8 Å². The van der Waals surface area contributed by atoms with Crippen LogP contribution in [0.3, 0.4) is 0 Å². The molecule has 1 N–H and O–H groups in total. The van der Waals surface area contributed by atoms with Crippen molar-refractivity contribution in [1.29, 1.82) is 0 Å². The number of nitrogens with zero attached hydrogens (tertiary/aromatic N) is 2. The number of aromatic nitrogens is 2. The highest BCUT2D eigenvalue weighted by atomic mass is 35.5. The molecule has 0 amide bonds. The van der Waals surface area contributed by atoms with Crippen molar-refractivity contribution in [3.8, 4) is 0 Å². The lowest BCUT2D eigenvalue weighted by atomic mass is 9.97. The molecule has 94 valence electrons. The molecule has 1 saturated heterocycles. The van der Waals surface area contributed by atoms with Crippen LogP contribution in [-0.4, -0.2) is 29.9 Å². The Kier molecular flexibility index (Phi) is 5.16. The Morgan fingerprint density at radius 3 is 3.06 bits per heavy atom. The highest BCUT2D eigenvalue weighted by molar-refractivity contribution is 6.29. The Labute approximate surface area is 107 Å². The van der Waals surface area contributed by atoms with E-state index in [2.05, 4.69) is 15.5 Å². The van der Waals surface area contributed by atoms with Crippen LogP contribution in [0.15, 0.2) is 12.1 Å². The fourth-order valence-electron chi connectivity index (χ4n) is 2.02. The number of ether oxygens (including phenoxy) is 1. The van der Waals surface area contributed by atoms with Gasteiger partial charge in [0, 0.05) is 6.61 Å². The smallest absolute Gasteiger partial charge is 0.151 e. The summed E-state index contributed by atoms with van der Waals surface area (Å²) < 4.78 is 5.59. The zero-order valence-corrected chi connectivity index (χ0v) is 10.6. The lowest BCUT2D eigenvalue weighted by Gasteiger charge is -2.22. The number of hydrogen-bond acceptors (Lipinski definition) is 4. The van der Waals surface area contributed by atoms with Crippen molar-refractivity contribution in [1.82, 2.24) is 15.5 Å². The van der Waals surface area contributed by atoms with Crippen molar-refractivity contribution >= 4 is 11.6 Å². The molecule has 1 aromatic rings. The number of nitrogens with one attached hydrogen (secondary N) is 1. The van der Waals surface area contributed by atoms with Gasteiger partial charge in [-0.1, -0.05) is 11.6 Å². The van der Waals surface area contributed by atoms with Crippen LogP contribution in [0.2, 0.25) is 5.15 Å². The van der Waals surface area contributed by atoms with Crippen LogP contribution < -0.4 is 5.32 Å². The molecule has 0 aliphatic carbocycles. The summed E-state index contributed by atoms with van der Waals surface area (Å²) in [6, 6.07) is 3.58. The van der Waals surface area contributed by atoms with Gasteiger partial charge in [-0.05, 0) is 50.4 Å². The average molecular weight is 256 g/mol. The molecule has 1 aromatic heterocycles. The van der Waals surface area contributed by atoms with Crippen LogP contribution >= 0.6 is 11.6 Å². The molecular weight excluding hydrogens is 238 g/mol. The number of halogens is 1. The van der Waals surface area contributed by atoms with Gasteiger partial charge in [-0.15, -0.1) is 5.10 Å². The molecule has 0 radical (unpaired) electrons. The van der Waals surface area contributed by atoms with Crippen LogP contribution in [0.5, 0.6) is 0 Å². The molecule has 2 heterocycles. The molecule has 0 spiro atoms. The van der Waals surface area contributed by atoms with E-state index in [1.807, 2.05) is 6.07 Å². The molecule has 0 bridgehead atoms. The summed E-state index contributed by atoms with van der Waals surface area (Å²) in [5.41, 5.74) is 0.830. The third-order valence-electron chi connectivity index (χ3n) is 3.01. The fourth-order valence-corrected chi connectivity index (χ4v) is 2.12. The van der Waals surface area contributed by atoms with E-state index in [-0.39, 0.29) is 0 Å². The van der Waals surface area contributed by atoms with Crippen molar-refractivity contribution in [2.24, 2.45) is 5.92 Å². The molecule has 0 saturated carbocycles. The van der Waals surface area contributed by atoms with E-state index in [4.69, 9.17) is 16.3 Å². The van der Waals surface area contributed by atoms with Crippen LogP contribution in [0.4, 0.5) is 0 Å². The average Bonchev–Trinajstić information content (AvgIpc) is 2.38. The Bertz CT molecular complexity index is 325. The molecule has 2 rings (SSSR count). The summed E-state index contributed by atoms with van der Waals surface area (Å²) >= 11 is 5.65. The van der Waals surface area contributed by atoms with Gasteiger partial charge in [-0.3, -0.25) is 0 Å². The topological polar surface area (TPSA) is 47.0 Å². The zero-order chi connectivity index (χ0) is 11.9. The first-order valence-corrected chi connectivity index (χ1v) is 6.49. The maximum Gasteiger partial charge on any atom is 0.151 e. The van der Waals surface area contributed by atoms with Gasteiger partial charge in [0.05, 0.1) is 12.3 Å². The maximum absolute atomic E-state index is 5.65. The first-order valence-electron chi connectivity index (χ1n) is 6.11. The van der Waals surface area contributed by atoms with Gasteiger partial charge >= 0.3 is 0 Å². The molecule has 1 aliphatic heterocycles. The SMILES string of the molecule is Clc1ccc(COCC[C@@H]2CCCNC2)nn1. The summed E-state index contributed by atoms with van der Waals surface area (Å²) in [5.74, 6) is 0.764. The van der Waals surface area contributed by atoms with E-state index in [1.165, 1.54) is 12.8 Å². The zero-order valence-electron chi connectivity index (χ0n) is 9.86. The standard InChI is InChI=1S/C12H18ClN3O/c13-12-4-3-11(15-16-12)9-17-7-5-10-2-1-6-14-8-10/h3-4,10,14H,1-2,5-9H2/t10-/m0/s1. The van der Waals surface area contributed by atoms with Crippen LogP contribution in [0.1, 0.15) is 25.0 Å². The van der Waals surface area contributed by atoms with Crippen molar-refractivity contribution in [2.75, 3.05) is 19.7 Å². The molecule has 0 unspecified atom stereocenters. The van der Waals surface area contributed by atoms with Gasteiger partial charge in [0.25, 0.3) is 0 Å². The lowest BCUT2D eigenvalue weighted by Crippen LogP contribution is -2.30. The summed E-state index contributed by atoms with van der Waals surface area (Å²) in [5, 5.41) is 11.5. The fraction of sp³-hybridized carbons (Fsp3) is 0.667. The summed E-state index contributed by atoms with van der Waals surface area (Å²) in [7, 11) is 0. The van der Waals surface area contributed by atoms with Crippen molar-refractivity contribution < 1.29 is 4.74 Å². The summed E-state index contributed by atoms with van der Waals surface area (Å²) in [4.78, 5) is 0. The second kappa shape index (κ2) is 6.89. The highest BCUT2D eigenvalue weighted by Gasteiger charge is 2.12. The van der Waals surface area contributed by atoms with Crippen LogP contribution in [0.25, 0.3) is 0 Å². The minimum atomic E-state index is 0.419. The van der Waals surface area contributed by atoms with Gasteiger partial charge in [0.2, 0.25) is 0 Å². The maximum atomic E-state index is 5.65. The molecule has 17 heavy (non-hydrogen) atoms. The number of piperidine rings is 1. The molecule has 1 atom stereocenters. The van der Waals surface area contributed by atoms with Gasteiger partial charge in [0.1, 0.15) is 0 Å². The number of rotatable bonds is 5.